The van der Waals surface area contributed by atoms with Crippen LogP contribution in [0.15, 0.2) is 42.6 Å². The molecule has 0 spiro atoms. The Bertz CT molecular complexity index is 657. The Hall–Kier alpha value is -1.98. The van der Waals surface area contributed by atoms with Gasteiger partial charge in [0, 0.05) is 32.4 Å². The average Bonchev–Trinajstić information content (AvgIpc) is 3.18. The molecule has 2 saturated heterocycles. The molecule has 0 bridgehead atoms. The minimum Gasteiger partial charge on any atom is -0.378 e. The third kappa shape index (κ3) is 3.42. The molecule has 2 aromatic rings. The molecule has 0 unspecified atom stereocenters. The highest BCUT2D eigenvalue weighted by atomic mass is 16.5. The van der Waals surface area contributed by atoms with Gasteiger partial charge in [-0.2, -0.15) is 0 Å². The topological polar surface area (TPSA) is 41.5 Å². The van der Waals surface area contributed by atoms with Gasteiger partial charge in [-0.05, 0) is 24.5 Å². The lowest BCUT2D eigenvalue weighted by molar-refractivity contribution is -0.0159. The van der Waals surface area contributed by atoms with Gasteiger partial charge in [0.05, 0.1) is 19.3 Å². The molecule has 0 N–H and O–H groups in total. The van der Waals surface area contributed by atoms with Gasteiger partial charge >= 0.3 is 0 Å². The number of nitrogens with zero attached hydrogens (tertiary/aromatic N) is 4. The molecule has 0 radical (unpaired) electrons. The molecule has 0 saturated carbocycles. The first-order valence-corrected chi connectivity index (χ1v) is 8.84. The molecule has 2 aliphatic rings. The first kappa shape index (κ1) is 15.5. The van der Waals surface area contributed by atoms with Crippen LogP contribution in [0.25, 0.3) is 0 Å². The van der Waals surface area contributed by atoms with E-state index in [0.717, 1.165) is 44.4 Å². The number of benzene rings is 1. The molecular weight excluding hydrogens is 300 g/mol. The van der Waals surface area contributed by atoms with Crippen LogP contribution >= 0.6 is 0 Å². The normalized spacial score (nSPS) is 22.0. The van der Waals surface area contributed by atoms with E-state index >= 15 is 0 Å². The Morgan fingerprint density at radius 3 is 2.71 bits per heavy atom. The van der Waals surface area contributed by atoms with Crippen molar-refractivity contribution >= 4 is 5.82 Å². The van der Waals surface area contributed by atoms with Crippen LogP contribution in [0.3, 0.4) is 0 Å². The second-order valence-corrected chi connectivity index (χ2v) is 6.51. The molecule has 0 aliphatic carbocycles. The zero-order valence-corrected chi connectivity index (χ0v) is 14.0. The van der Waals surface area contributed by atoms with Crippen molar-refractivity contribution in [1.82, 2.24) is 14.9 Å². The zero-order chi connectivity index (χ0) is 16.2. The molecule has 24 heavy (non-hydrogen) atoms. The average molecular weight is 324 g/mol. The van der Waals surface area contributed by atoms with Crippen molar-refractivity contribution in [3.8, 4) is 0 Å². The van der Waals surface area contributed by atoms with E-state index in [9.17, 15) is 0 Å². The lowest BCUT2D eigenvalue weighted by Crippen LogP contribution is -2.40. The quantitative estimate of drug-likeness (QED) is 0.865. The summed E-state index contributed by atoms with van der Waals surface area (Å²) < 4.78 is 5.73. The Labute approximate surface area is 143 Å². The van der Waals surface area contributed by atoms with Crippen molar-refractivity contribution in [2.45, 2.75) is 25.4 Å². The Morgan fingerprint density at radius 1 is 1.04 bits per heavy atom. The summed E-state index contributed by atoms with van der Waals surface area (Å²) in [6.07, 6.45) is 4.41. The van der Waals surface area contributed by atoms with E-state index in [0.29, 0.717) is 6.61 Å². The standard InChI is InChI=1S/C19H24N4O/c1-2-6-16(7-3-1)14-23-12-13-24-15-17(23)19-20-9-8-18(21-19)22-10-4-5-11-22/h1-3,6-9,17H,4-5,10-15H2/t17-/m1/s1. The van der Waals surface area contributed by atoms with Gasteiger partial charge in [0.2, 0.25) is 0 Å². The molecule has 5 nitrogen and oxygen atoms in total. The Balaban J connectivity index is 1.55. The largest absolute Gasteiger partial charge is 0.378 e. The molecule has 2 fully saturated rings. The number of rotatable bonds is 4. The molecule has 2 aliphatic heterocycles. The predicted octanol–water partition coefficient (Wildman–Crippen LogP) is 2.65. The van der Waals surface area contributed by atoms with Gasteiger partial charge in [0.15, 0.2) is 0 Å². The summed E-state index contributed by atoms with van der Waals surface area (Å²) >= 11 is 0. The summed E-state index contributed by atoms with van der Waals surface area (Å²) in [6.45, 7) is 5.46. The van der Waals surface area contributed by atoms with Crippen molar-refractivity contribution < 1.29 is 4.74 Å². The van der Waals surface area contributed by atoms with Crippen LogP contribution in [0, 0.1) is 0 Å². The maximum atomic E-state index is 5.73. The summed E-state index contributed by atoms with van der Waals surface area (Å²) in [5.41, 5.74) is 1.32. The summed E-state index contributed by atoms with van der Waals surface area (Å²) in [4.78, 5) is 14.2. The number of hydrogen-bond acceptors (Lipinski definition) is 5. The van der Waals surface area contributed by atoms with E-state index in [-0.39, 0.29) is 6.04 Å². The summed E-state index contributed by atoms with van der Waals surface area (Å²) in [5.74, 6) is 1.94. The molecule has 1 aromatic carbocycles. The van der Waals surface area contributed by atoms with Gasteiger partial charge in [-0.3, -0.25) is 4.90 Å². The maximum absolute atomic E-state index is 5.73. The number of anilines is 1. The first-order chi connectivity index (χ1) is 11.9. The van der Waals surface area contributed by atoms with E-state index in [1.54, 1.807) is 0 Å². The van der Waals surface area contributed by atoms with E-state index in [1.165, 1.54) is 18.4 Å². The van der Waals surface area contributed by atoms with Crippen molar-refractivity contribution in [2.24, 2.45) is 0 Å². The Kier molecular flexibility index (Phi) is 4.71. The summed E-state index contributed by atoms with van der Waals surface area (Å²) in [6, 6.07) is 12.7. The number of aromatic nitrogens is 2. The van der Waals surface area contributed by atoms with Crippen molar-refractivity contribution in [1.29, 1.82) is 0 Å². The van der Waals surface area contributed by atoms with Crippen molar-refractivity contribution in [3.05, 3.63) is 54.0 Å². The summed E-state index contributed by atoms with van der Waals surface area (Å²) in [5, 5.41) is 0. The lowest BCUT2D eigenvalue weighted by Gasteiger charge is -2.34. The molecule has 3 heterocycles. The van der Waals surface area contributed by atoms with Gasteiger partial charge < -0.3 is 9.64 Å². The van der Waals surface area contributed by atoms with Crippen LogP contribution in [-0.2, 0) is 11.3 Å². The summed E-state index contributed by atoms with van der Waals surface area (Å²) in [7, 11) is 0. The SMILES string of the molecule is c1ccc(CN2CCOC[C@@H]2c2nccc(N3CCCC3)n2)cc1. The fourth-order valence-electron chi connectivity index (χ4n) is 3.53. The first-order valence-electron chi connectivity index (χ1n) is 8.84. The smallest absolute Gasteiger partial charge is 0.150 e. The Morgan fingerprint density at radius 2 is 1.88 bits per heavy atom. The van der Waals surface area contributed by atoms with Gasteiger partial charge in [0.1, 0.15) is 11.6 Å². The predicted molar refractivity (Wildman–Crippen MR) is 93.9 cm³/mol. The second kappa shape index (κ2) is 7.28. The van der Waals surface area contributed by atoms with Crippen LogP contribution in [-0.4, -0.2) is 47.7 Å². The van der Waals surface area contributed by atoms with Gasteiger partial charge in [-0.1, -0.05) is 30.3 Å². The molecule has 0 amide bonds. The van der Waals surface area contributed by atoms with Crippen LogP contribution in [0.1, 0.15) is 30.3 Å². The highest BCUT2D eigenvalue weighted by Crippen LogP contribution is 2.25. The van der Waals surface area contributed by atoms with E-state index in [4.69, 9.17) is 9.72 Å². The fourth-order valence-corrected chi connectivity index (χ4v) is 3.53. The molecule has 126 valence electrons. The number of ether oxygens (including phenoxy) is 1. The van der Waals surface area contributed by atoms with Crippen LogP contribution in [0.2, 0.25) is 0 Å². The van der Waals surface area contributed by atoms with E-state index < -0.39 is 0 Å². The number of hydrogen-bond donors (Lipinski definition) is 0. The van der Waals surface area contributed by atoms with E-state index in [1.807, 2.05) is 12.3 Å². The van der Waals surface area contributed by atoms with Crippen LogP contribution < -0.4 is 4.90 Å². The molecular formula is C19H24N4O. The van der Waals surface area contributed by atoms with Crippen LogP contribution in [0.5, 0.6) is 0 Å². The minimum absolute atomic E-state index is 0.126. The highest BCUT2D eigenvalue weighted by Gasteiger charge is 2.27. The molecule has 5 heteroatoms. The third-order valence-electron chi connectivity index (χ3n) is 4.86. The third-order valence-corrected chi connectivity index (χ3v) is 4.86. The van der Waals surface area contributed by atoms with Crippen molar-refractivity contribution in [2.75, 3.05) is 37.7 Å². The number of morpholine rings is 1. The fraction of sp³-hybridized carbons (Fsp3) is 0.474. The van der Waals surface area contributed by atoms with Crippen LogP contribution in [0.4, 0.5) is 5.82 Å². The zero-order valence-electron chi connectivity index (χ0n) is 14.0. The van der Waals surface area contributed by atoms with Gasteiger partial charge in [-0.15, -0.1) is 0 Å². The second-order valence-electron chi connectivity index (χ2n) is 6.51. The molecule has 4 rings (SSSR count). The van der Waals surface area contributed by atoms with Gasteiger partial charge in [0.25, 0.3) is 0 Å². The molecule has 1 aromatic heterocycles. The minimum atomic E-state index is 0.126. The van der Waals surface area contributed by atoms with E-state index in [2.05, 4.69) is 45.1 Å². The lowest BCUT2D eigenvalue weighted by atomic mass is 10.1. The molecule has 1 atom stereocenters. The maximum Gasteiger partial charge on any atom is 0.150 e. The van der Waals surface area contributed by atoms with Crippen molar-refractivity contribution in [3.63, 3.8) is 0 Å². The monoisotopic (exact) mass is 324 g/mol. The highest BCUT2D eigenvalue weighted by molar-refractivity contribution is 5.38. The van der Waals surface area contributed by atoms with Gasteiger partial charge in [-0.25, -0.2) is 9.97 Å².